The predicted molar refractivity (Wildman–Crippen MR) is 111 cm³/mol. The topological polar surface area (TPSA) is 102 Å². The number of aryl methyl sites for hydroxylation is 1. The minimum Gasteiger partial charge on any atom is -0.478 e. The van der Waals surface area contributed by atoms with Crippen molar-refractivity contribution in [3.63, 3.8) is 0 Å². The quantitative estimate of drug-likeness (QED) is 0.521. The monoisotopic (exact) mass is 424 g/mol. The number of hydrazone groups is 1. The minimum absolute atomic E-state index is 0.127. The fourth-order valence-corrected chi connectivity index (χ4v) is 3.44. The fraction of sp³-hybridized carbons (Fsp3) is 0.222. The summed E-state index contributed by atoms with van der Waals surface area (Å²) in [6, 6.07) is 9.06. The van der Waals surface area contributed by atoms with Crippen molar-refractivity contribution in [2.45, 2.75) is 18.7 Å². The lowest BCUT2D eigenvalue weighted by Crippen LogP contribution is -2.27. The molecule has 0 bridgehead atoms. The number of hydrogen-bond acceptors (Lipinski definition) is 6. The summed E-state index contributed by atoms with van der Waals surface area (Å²) < 4.78 is 25.7. The van der Waals surface area contributed by atoms with Gasteiger partial charge in [-0.25, -0.2) is 17.5 Å². The van der Waals surface area contributed by atoms with Crippen LogP contribution in [0, 0.1) is 6.92 Å². The number of hydrogen-bond donors (Lipinski definition) is 2. The Morgan fingerprint density at radius 2 is 1.89 bits per heavy atom. The summed E-state index contributed by atoms with van der Waals surface area (Å²) in [5.41, 5.74) is 4.45. The van der Waals surface area contributed by atoms with Crippen LogP contribution < -0.4 is 10.5 Å². The standard InChI is InChI=1S/C18H21ClN4O4S/c1-5-20-23(21-16-10-13(19)7-6-12(16)2)17-9-8-14(11-15(17)18(24)25)28(26,27)22(3)4/h5-11,21H,1-4H3,(H,24,25)/b20-5-. The van der Waals surface area contributed by atoms with Crippen LogP contribution in [0.25, 0.3) is 0 Å². The highest BCUT2D eigenvalue weighted by Crippen LogP contribution is 2.28. The molecule has 0 heterocycles. The van der Waals surface area contributed by atoms with Gasteiger partial charge in [0.05, 0.1) is 21.8 Å². The second kappa shape index (κ2) is 8.59. The van der Waals surface area contributed by atoms with Crippen molar-refractivity contribution in [1.82, 2.24) is 4.31 Å². The number of benzene rings is 2. The van der Waals surface area contributed by atoms with Gasteiger partial charge in [0.15, 0.2) is 0 Å². The van der Waals surface area contributed by atoms with Crippen LogP contribution in [0.15, 0.2) is 46.4 Å². The predicted octanol–water partition coefficient (Wildman–Crippen LogP) is 3.44. The van der Waals surface area contributed by atoms with Crippen LogP contribution in [-0.4, -0.2) is 44.1 Å². The van der Waals surface area contributed by atoms with Crippen molar-refractivity contribution < 1.29 is 18.3 Å². The first-order valence-corrected chi connectivity index (χ1v) is 10.0. The summed E-state index contributed by atoms with van der Waals surface area (Å²) in [5.74, 6) is -1.29. The second-order valence-corrected chi connectivity index (χ2v) is 8.62. The summed E-state index contributed by atoms with van der Waals surface area (Å²) in [6.45, 7) is 3.53. The minimum atomic E-state index is -3.78. The second-order valence-electron chi connectivity index (χ2n) is 6.03. The molecular weight excluding hydrogens is 404 g/mol. The highest BCUT2D eigenvalue weighted by molar-refractivity contribution is 7.89. The van der Waals surface area contributed by atoms with E-state index in [0.29, 0.717) is 10.7 Å². The number of nitrogens with one attached hydrogen (secondary N) is 1. The Labute approximate surface area is 169 Å². The molecule has 0 aliphatic carbocycles. The Bertz CT molecular complexity index is 1020. The van der Waals surface area contributed by atoms with Gasteiger partial charge in [-0.2, -0.15) is 10.2 Å². The average molecular weight is 425 g/mol. The van der Waals surface area contributed by atoms with Gasteiger partial charge >= 0.3 is 5.97 Å². The fourth-order valence-electron chi connectivity index (χ4n) is 2.34. The van der Waals surface area contributed by atoms with E-state index in [1.165, 1.54) is 37.6 Å². The molecule has 2 aromatic carbocycles. The van der Waals surface area contributed by atoms with E-state index >= 15 is 0 Å². The highest BCUT2D eigenvalue weighted by Gasteiger charge is 2.23. The molecule has 0 saturated carbocycles. The molecule has 2 N–H and O–H groups in total. The Morgan fingerprint density at radius 1 is 1.21 bits per heavy atom. The molecule has 0 atom stereocenters. The molecule has 2 rings (SSSR count). The van der Waals surface area contributed by atoms with E-state index in [2.05, 4.69) is 10.5 Å². The number of carbonyl (C=O) groups is 1. The van der Waals surface area contributed by atoms with Gasteiger partial charge in [-0.3, -0.25) is 5.43 Å². The molecule has 10 heteroatoms. The molecule has 0 saturated heterocycles. The molecule has 28 heavy (non-hydrogen) atoms. The van der Waals surface area contributed by atoms with Gasteiger partial charge in [-0.15, -0.1) is 0 Å². The number of rotatable bonds is 7. The van der Waals surface area contributed by atoms with E-state index in [1.807, 2.05) is 13.0 Å². The number of carboxylic acid groups (broad SMARTS) is 1. The van der Waals surface area contributed by atoms with Gasteiger partial charge in [0.2, 0.25) is 10.0 Å². The molecule has 0 aromatic heterocycles. The third-order valence-corrected chi connectivity index (χ3v) is 5.91. The molecule has 0 fully saturated rings. The van der Waals surface area contributed by atoms with Crippen LogP contribution in [0.2, 0.25) is 5.02 Å². The Hall–Kier alpha value is -2.62. The largest absolute Gasteiger partial charge is 0.478 e. The SMILES string of the molecule is C/C=N\N(Nc1cc(Cl)ccc1C)c1ccc(S(=O)(=O)N(C)C)cc1C(=O)O. The third kappa shape index (κ3) is 4.61. The lowest BCUT2D eigenvalue weighted by atomic mass is 10.2. The van der Waals surface area contributed by atoms with Crippen molar-refractivity contribution in [2.75, 3.05) is 24.6 Å². The van der Waals surface area contributed by atoms with Crippen LogP contribution in [-0.2, 0) is 10.0 Å². The highest BCUT2D eigenvalue weighted by atomic mass is 35.5. The smallest absolute Gasteiger partial charge is 0.338 e. The van der Waals surface area contributed by atoms with Crippen LogP contribution in [0.3, 0.4) is 0 Å². The zero-order valence-corrected chi connectivity index (χ0v) is 17.4. The van der Waals surface area contributed by atoms with Crippen molar-refractivity contribution >= 4 is 45.2 Å². The van der Waals surface area contributed by atoms with E-state index in [4.69, 9.17) is 11.6 Å². The van der Waals surface area contributed by atoms with E-state index in [-0.39, 0.29) is 16.1 Å². The lowest BCUT2D eigenvalue weighted by molar-refractivity contribution is 0.0697. The van der Waals surface area contributed by atoms with Gasteiger partial charge in [0.1, 0.15) is 0 Å². The van der Waals surface area contributed by atoms with Crippen LogP contribution in [0.5, 0.6) is 0 Å². The molecule has 0 aliphatic heterocycles. The molecule has 0 radical (unpaired) electrons. The maximum Gasteiger partial charge on any atom is 0.338 e. The van der Waals surface area contributed by atoms with Gasteiger partial charge in [-0.05, 0) is 49.7 Å². The Balaban J connectivity index is 2.58. The van der Waals surface area contributed by atoms with Gasteiger partial charge in [-0.1, -0.05) is 17.7 Å². The molecule has 0 amide bonds. The molecular formula is C18H21ClN4O4S. The van der Waals surface area contributed by atoms with E-state index in [9.17, 15) is 18.3 Å². The van der Waals surface area contributed by atoms with E-state index in [1.54, 1.807) is 19.1 Å². The van der Waals surface area contributed by atoms with Crippen molar-refractivity contribution in [3.05, 3.63) is 52.5 Å². The molecule has 0 unspecified atom stereocenters. The number of carboxylic acids is 1. The Kier molecular flexibility index (Phi) is 6.65. The van der Waals surface area contributed by atoms with Crippen molar-refractivity contribution in [1.29, 1.82) is 0 Å². The summed E-state index contributed by atoms with van der Waals surface area (Å²) >= 11 is 6.04. The molecule has 150 valence electrons. The summed E-state index contributed by atoms with van der Waals surface area (Å²) in [4.78, 5) is 11.7. The molecule has 8 nitrogen and oxygen atoms in total. The van der Waals surface area contributed by atoms with Crippen LogP contribution >= 0.6 is 11.6 Å². The van der Waals surface area contributed by atoms with Gasteiger partial charge < -0.3 is 5.11 Å². The van der Waals surface area contributed by atoms with Crippen molar-refractivity contribution in [2.24, 2.45) is 5.10 Å². The summed E-state index contributed by atoms with van der Waals surface area (Å²) in [7, 11) is -1.03. The van der Waals surface area contributed by atoms with E-state index in [0.717, 1.165) is 15.9 Å². The molecule has 0 aliphatic rings. The summed E-state index contributed by atoms with van der Waals surface area (Å²) in [5, 5.41) is 15.6. The first-order valence-electron chi connectivity index (χ1n) is 8.19. The van der Waals surface area contributed by atoms with E-state index < -0.39 is 16.0 Å². The first-order chi connectivity index (χ1) is 13.1. The van der Waals surface area contributed by atoms with Crippen LogP contribution in [0.4, 0.5) is 11.4 Å². The van der Waals surface area contributed by atoms with Crippen molar-refractivity contribution in [3.8, 4) is 0 Å². The number of nitrogens with zero attached hydrogens (tertiary/aromatic N) is 3. The Morgan fingerprint density at radius 3 is 2.46 bits per heavy atom. The maximum absolute atomic E-state index is 12.3. The average Bonchev–Trinajstić information content (AvgIpc) is 2.63. The first kappa shape index (κ1) is 21.7. The zero-order chi connectivity index (χ0) is 21.1. The molecule has 2 aromatic rings. The number of hydrazine groups is 1. The number of aromatic carboxylic acids is 1. The van der Waals surface area contributed by atoms with Gasteiger partial charge in [0, 0.05) is 25.3 Å². The van der Waals surface area contributed by atoms with Gasteiger partial charge in [0.25, 0.3) is 0 Å². The lowest BCUT2D eigenvalue weighted by Gasteiger charge is -2.24. The number of anilines is 2. The number of halogens is 1. The maximum atomic E-state index is 12.3. The zero-order valence-electron chi connectivity index (χ0n) is 15.8. The van der Waals surface area contributed by atoms with Crippen LogP contribution in [0.1, 0.15) is 22.8 Å². The normalized spacial score (nSPS) is 11.8. The summed E-state index contributed by atoms with van der Waals surface area (Å²) in [6.07, 6.45) is 1.48. The molecule has 0 spiro atoms. The third-order valence-electron chi connectivity index (χ3n) is 3.86. The number of sulfonamides is 1.